The first kappa shape index (κ1) is 14.9. The van der Waals surface area contributed by atoms with Crippen LogP contribution >= 0.6 is 22.9 Å². The molecule has 0 bridgehead atoms. The highest BCUT2D eigenvalue weighted by Crippen LogP contribution is 2.36. The molecule has 0 radical (unpaired) electrons. The van der Waals surface area contributed by atoms with Crippen LogP contribution < -0.4 is 0 Å². The molecule has 3 rings (SSSR count). The predicted molar refractivity (Wildman–Crippen MR) is 81.9 cm³/mol. The summed E-state index contributed by atoms with van der Waals surface area (Å²) in [6.07, 6.45) is 0.687. The number of benzene rings is 1. The molecule has 2 aromatic rings. The molecule has 0 unspecified atom stereocenters. The van der Waals surface area contributed by atoms with E-state index in [9.17, 15) is 8.42 Å². The molecule has 0 saturated carbocycles. The summed E-state index contributed by atoms with van der Waals surface area (Å²) in [7, 11) is -3.64. The number of halogens is 1. The van der Waals surface area contributed by atoms with Gasteiger partial charge in [0.05, 0.1) is 0 Å². The molecule has 2 heterocycles. The minimum atomic E-state index is -3.64. The molecule has 1 aromatic carbocycles. The number of hydrogen-bond donors (Lipinski definition) is 0. The van der Waals surface area contributed by atoms with Crippen LogP contribution in [-0.4, -0.2) is 37.6 Å². The quantitative estimate of drug-likeness (QED) is 0.859. The molecule has 21 heavy (non-hydrogen) atoms. The van der Waals surface area contributed by atoms with Crippen LogP contribution in [0.15, 0.2) is 34.5 Å². The van der Waals surface area contributed by atoms with Crippen molar-refractivity contribution in [3.8, 4) is 11.3 Å². The van der Waals surface area contributed by atoms with Crippen LogP contribution in [0.25, 0.3) is 11.3 Å². The minimum absolute atomic E-state index is 0.0755. The van der Waals surface area contributed by atoms with Crippen LogP contribution in [0.5, 0.6) is 0 Å². The average Bonchev–Trinajstić information content (AvgIpc) is 2.92. The van der Waals surface area contributed by atoms with Crippen molar-refractivity contribution in [1.82, 2.24) is 9.29 Å². The number of rotatable bonds is 3. The first-order chi connectivity index (χ1) is 10.1. The van der Waals surface area contributed by atoms with Crippen molar-refractivity contribution >= 4 is 33.0 Å². The molecule has 1 saturated heterocycles. The van der Waals surface area contributed by atoms with E-state index in [0.29, 0.717) is 25.3 Å². The van der Waals surface area contributed by atoms with Gasteiger partial charge in [0.1, 0.15) is 12.4 Å². The fourth-order valence-electron chi connectivity index (χ4n) is 2.12. The largest absolute Gasteiger partial charge is 0.365 e. The van der Waals surface area contributed by atoms with Gasteiger partial charge in [-0.1, -0.05) is 53.3 Å². The highest BCUT2D eigenvalue weighted by molar-refractivity contribution is 7.91. The van der Waals surface area contributed by atoms with Gasteiger partial charge >= 0.3 is 0 Å². The Kier molecular flexibility index (Phi) is 4.28. The minimum Gasteiger partial charge on any atom is -0.365 e. The molecule has 1 fully saturated rings. The van der Waals surface area contributed by atoms with Crippen molar-refractivity contribution < 1.29 is 13.2 Å². The second kappa shape index (κ2) is 6.02. The molecule has 0 aliphatic carbocycles. The molecule has 0 atom stereocenters. The van der Waals surface area contributed by atoms with E-state index in [1.165, 1.54) is 4.31 Å². The van der Waals surface area contributed by atoms with Gasteiger partial charge in [-0.3, -0.25) is 0 Å². The van der Waals surface area contributed by atoms with Gasteiger partial charge in [-0.05, 0) is 6.42 Å². The summed E-state index contributed by atoms with van der Waals surface area (Å²) in [6, 6.07) is 9.17. The van der Waals surface area contributed by atoms with Crippen LogP contribution in [0.4, 0.5) is 0 Å². The van der Waals surface area contributed by atoms with Crippen molar-refractivity contribution in [2.45, 2.75) is 10.6 Å². The number of nitrogens with zero attached hydrogens (tertiary/aromatic N) is 2. The summed E-state index contributed by atoms with van der Waals surface area (Å²) in [5.41, 5.74) is 1.13. The van der Waals surface area contributed by atoms with E-state index in [0.717, 1.165) is 16.9 Å². The van der Waals surface area contributed by atoms with E-state index in [1.54, 1.807) is 0 Å². The lowest BCUT2D eigenvalue weighted by molar-refractivity contribution is 0.0314. The Hall–Kier alpha value is -0.990. The van der Waals surface area contributed by atoms with E-state index in [2.05, 4.69) is 4.98 Å². The third-order valence-corrected chi connectivity index (χ3v) is 6.59. The van der Waals surface area contributed by atoms with Crippen molar-refractivity contribution in [1.29, 1.82) is 0 Å². The summed E-state index contributed by atoms with van der Waals surface area (Å²) in [6.45, 7) is 1.11. The van der Waals surface area contributed by atoms with E-state index >= 15 is 0 Å². The highest BCUT2D eigenvalue weighted by atomic mass is 35.5. The molecule has 8 heteroatoms. The SMILES string of the molecule is O=S(=O)(c1sc(Cl)nc1-c1ccccc1)N1CCCOC1. The van der Waals surface area contributed by atoms with E-state index in [4.69, 9.17) is 16.3 Å². The molecule has 112 valence electrons. The maximum Gasteiger partial charge on any atom is 0.256 e. The first-order valence-corrected chi connectivity index (χ1v) is 9.02. The fourth-order valence-corrected chi connectivity index (χ4v) is 5.32. The van der Waals surface area contributed by atoms with E-state index < -0.39 is 10.0 Å². The normalized spacial score (nSPS) is 17.0. The summed E-state index contributed by atoms with van der Waals surface area (Å²) in [4.78, 5) is 4.18. The molecule has 5 nitrogen and oxygen atoms in total. The van der Waals surface area contributed by atoms with Gasteiger partial charge in [0, 0.05) is 18.7 Å². The number of aromatic nitrogens is 1. The summed E-state index contributed by atoms with van der Waals surface area (Å²) in [5.74, 6) is 0. The van der Waals surface area contributed by atoms with Crippen LogP contribution in [0.3, 0.4) is 0 Å². The standard InChI is InChI=1S/C13H13ClN2O3S2/c14-13-15-11(10-5-2-1-3-6-10)12(20-13)21(17,18)16-7-4-8-19-9-16/h1-3,5-6H,4,7-9H2. The maximum atomic E-state index is 12.8. The molecule has 0 spiro atoms. The van der Waals surface area contributed by atoms with Gasteiger partial charge in [-0.25, -0.2) is 13.4 Å². The molecule has 1 aliphatic heterocycles. The lowest BCUT2D eigenvalue weighted by Gasteiger charge is -2.25. The van der Waals surface area contributed by atoms with E-state index in [-0.39, 0.29) is 15.4 Å². The molecular formula is C13H13ClN2O3S2. The lowest BCUT2D eigenvalue weighted by Crippen LogP contribution is -2.38. The van der Waals surface area contributed by atoms with Crippen LogP contribution in [0, 0.1) is 0 Å². The topological polar surface area (TPSA) is 59.5 Å². The molecule has 1 aliphatic rings. The van der Waals surface area contributed by atoms with Gasteiger partial charge in [0.25, 0.3) is 10.0 Å². The molecule has 0 N–H and O–H groups in total. The third-order valence-electron chi connectivity index (χ3n) is 3.12. The fraction of sp³-hybridized carbons (Fsp3) is 0.308. The maximum absolute atomic E-state index is 12.8. The van der Waals surface area contributed by atoms with Crippen molar-refractivity contribution in [2.24, 2.45) is 0 Å². The van der Waals surface area contributed by atoms with Crippen LogP contribution in [-0.2, 0) is 14.8 Å². The highest BCUT2D eigenvalue weighted by Gasteiger charge is 2.32. The zero-order valence-corrected chi connectivity index (χ0v) is 13.4. The number of sulfonamides is 1. The number of thiazole rings is 1. The van der Waals surface area contributed by atoms with Crippen molar-refractivity contribution in [3.05, 3.63) is 34.8 Å². The van der Waals surface area contributed by atoms with Crippen LogP contribution in [0.1, 0.15) is 6.42 Å². The van der Waals surface area contributed by atoms with Gasteiger partial charge < -0.3 is 4.74 Å². The smallest absolute Gasteiger partial charge is 0.256 e. The zero-order chi connectivity index (χ0) is 14.9. The van der Waals surface area contributed by atoms with Crippen molar-refractivity contribution in [2.75, 3.05) is 19.9 Å². The third kappa shape index (κ3) is 2.97. The summed E-state index contributed by atoms with van der Waals surface area (Å²) < 4.78 is 32.5. The molecule has 0 amide bonds. The Balaban J connectivity index is 2.06. The number of ether oxygens (including phenoxy) is 1. The Bertz CT molecular complexity index is 725. The second-order valence-corrected chi connectivity index (χ2v) is 8.25. The Morgan fingerprint density at radius 2 is 2.05 bits per heavy atom. The lowest BCUT2D eigenvalue weighted by atomic mass is 10.2. The van der Waals surface area contributed by atoms with Gasteiger partial charge in [0.15, 0.2) is 8.68 Å². The van der Waals surface area contributed by atoms with Gasteiger partial charge in [0.2, 0.25) is 0 Å². The summed E-state index contributed by atoms with van der Waals surface area (Å²) in [5, 5.41) is 0. The van der Waals surface area contributed by atoms with Gasteiger partial charge in [-0.15, -0.1) is 0 Å². The summed E-state index contributed by atoms with van der Waals surface area (Å²) >= 11 is 6.93. The molecular weight excluding hydrogens is 332 g/mol. The Morgan fingerprint density at radius 3 is 2.71 bits per heavy atom. The predicted octanol–water partition coefficient (Wildman–Crippen LogP) is 2.83. The molecule has 1 aromatic heterocycles. The zero-order valence-electron chi connectivity index (χ0n) is 11.0. The Labute approximate surface area is 132 Å². The average molecular weight is 345 g/mol. The Morgan fingerprint density at radius 1 is 1.29 bits per heavy atom. The monoisotopic (exact) mass is 344 g/mol. The second-order valence-electron chi connectivity index (χ2n) is 4.54. The number of hydrogen-bond acceptors (Lipinski definition) is 5. The first-order valence-electron chi connectivity index (χ1n) is 6.38. The van der Waals surface area contributed by atoms with E-state index in [1.807, 2.05) is 30.3 Å². The van der Waals surface area contributed by atoms with Crippen LogP contribution in [0.2, 0.25) is 4.47 Å². The van der Waals surface area contributed by atoms with Crippen molar-refractivity contribution in [3.63, 3.8) is 0 Å². The van der Waals surface area contributed by atoms with Gasteiger partial charge in [-0.2, -0.15) is 4.31 Å².